The Morgan fingerprint density at radius 2 is 1.83 bits per heavy atom. The quantitative estimate of drug-likeness (QED) is 0.787. The number of nitrogens with one attached hydrogen (secondary N) is 1. The van der Waals surface area contributed by atoms with E-state index < -0.39 is 0 Å². The van der Waals surface area contributed by atoms with Crippen molar-refractivity contribution >= 4 is 0 Å². The molecule has 0 fully saturated rings. The van der Waals surface area contributed by atoms with Gasteiger partial charge in [0.2, 0.25) is 0 Å². The minimum absolute atomic E-state index is 0.372. The normalized spacial score (nSPS) is 11.4. The molecule has 0 spiro atoms. The van der Waals surface area contributed by atoms with Crippen molar-refractivity contribution < 1.29 is 9.47 Å². The van der Waals surface area contributed by atoms with Gasteiger partial charge in [0.25, 0.3) is 0 Å². The third-order valence-corrected chi connectivity index (χ3v) is 2.86. The molecule has 0 heterocycles. The highest BCUT2D eigenvalue weighted by atomic mass is 16.5. The molecule has 0 saturated carbocycles. The zero-order chi connectivity index (χ0) is 13.6. The van der Waals surface area contributed by atoms with Crippen LogP contribution in [0.1, 0.15) is 32.8 Å². The van der Waals surface area contributed by atoms with Gasteiger partial charge in [-0.25, -0.2) is 0 Å². The van der Waals surface area contributed by atoms with Crippen molar-refractivity contribution in [3.63, 3.8) is 0 Å². The maximum absolute atomic E-state index is 5.37. The molecule has 18 heavy (non-hydrogen) atoms. The van der Waals surface area contributed by atoms with E-state index in [0.29, 0.717) is 5.41 Å². The van der Waals surface area contributed by atoms with Crippen LogP contribution in [-0.2, 0) is 6.54 Å². The van der Waals surface area contributed by atoms with Crippen molar-refractivity contribution in [3.05, 3.63) is 23.8 Å². The summed E-state index contributed by atoms with van der Waals surface area (Å²) in [5, 5.41) is 3.45. The van der Waals surface area contributed by atoms with Gasteiger partial charge in [0, 0.05) is 18.2 Å². The Hall–Kier alpha value is -1.22. The fourth-order valence-corrected chi connectivity index (χ4v) is 1.68. The van der Waals surface area contributed by atoms with Crippen molar-refractivity contribution in [2.75, 3.05) is 20.8 Å². The summed E-state index contributed by atoms with van der Waals surface area (Å²) in [5.74, 6) is 1.70. The van der Waals surface area contributed by atoms with Gasteiger partial charge in [-0.05, 0) is 24.4 Å². The summed E-state index contributed by atoms with van der Waals surface area (Å²) in [6, 6.07) is 5.92. The number of hydrogen-bond donors (Lipinski definition) is 1. The molecular formula is C15H25NO2. The standard InChI is InChI=1S/C15H25NO2/c1-15(2,3)8-9-16-11-12-6-7-13(17-4)10-14(12)18-5/h6-7,10,16H,8-9,11H2,1-5H3. The lowest BCUT2D eigenvalue weighted by Crippen LogP contribution is -2.20. The van der Waals surface area contributed by atoms with Crippen LogP contribution in [0.2, 0.25) is 0 Å². The van der Waals surface area contributed by atoms with E-state index in [9.17, 15) is 0 Å². The predicted molar refractivity (Wildman–Crippen MR) is 75.3 cm³/mol. The van der Waals surface area contributed by atoms with Gasteiger partial charge in [0.05, 0.1) is 14.2 Å². The highest BCUT2D eigenvalue weighted by Gasteiger charge is 2.09. The van der Waals surface area contributed by atoms with Crippen LogP contribution >= 0.6 is 0 Å². The SMILES string of the molecule is COc1ccc(CNCCC(C)(C)C)c(OC)c1. The molecule has 0 saturated heterocycles. The van der Waals surface area contributed by atoms with E-state index in [1.54, 1.807) is 14.2 Å². The van der Waals surface area contributed by atoms with Crippen LogP contribution in [0, 0.1) is 5.41 Å². The second kappa shape index (κ2) is 6.64. The number of hydrogen-bond acceptors (Lipinski definition) is 3. The third kappa shape index (κ3) is 4.96. The molecule has 0 aliphatic heterocycles. The van der Waals surface area contributed by atoms with Crippen LogP contribution in [0.3, 0.4) is 0 Å². The topological polar surface area (TPSA) is 30.5 Å². The molecular weight excluding hydrogens is 226 g/mol. The molecule has 0 aromatic heterocycles. The van der Waals surface area contributed by atoms with Crippen LogP contribution in [0.5, 0.6) is 11.5 Å². The van der Waals surface area contributed by atoms with E-state index in [4.69, 9.17) is 9.47 Å². The average molecular weight is 251 g/mol. The summed E-state index contributed by atoms with van der Waals surface area (Å²) in [7, 11) is 3.35. The van der Waals surface area contributed by atoms with Crippen LogP contribution in [0.25, 0.3) is 0 Å². The lowest BCUT2D eigenvalue weighted by molar-refractivity contribution is 0.364. The Morgan fingerprint density at radius 1 is 1.11 bits per heavy atom. The molecule has 1 N–H and O–H groups in total. The van der Waals surface area contributed by atoms with Gasteiger partial charge in [0.15, 0.2) is 0 Å². The van der Waals surface area contributed by atoms with Crippen molar-refractivity contribution in [3.8, 4) is 11.5 Å². The molecule has 1 aromatic carbocycles. The number of methoxy groups -OCH3 is 2. The molecule has 102 valence electrons. The second-order valence-corrected chi connectivity index (χ2v) is 5.67. The van der Waals surface area contributed by atoms with E-state index in [1.165, 1.54) is 0 Å². The number of rotatable bonds is 6. The molecule has 0 atom stereocenters. The lowest BCUT2D eigenvalue weighted by Gasteiger charge is -2.18. The Balaban J connectivity index is 2.51. The zero-order valence-corrected chi connectivity index (χ0v) is 12.2. The third-order valence-electron chi connectivity index (χ3n) is 2.86. The largest absolute Gasteiger partial charge is 0.497 e. The summed E-state index contributed by atoms with van der Waals surface area (Å²) in [6.07, 6.45) is 1.16. The first-order valence-corrected chi connectivity index (χ1v) is 6.38. The molecule has 0 aliphatic rings. The van der Waals surface area contributed by atoms with E-state index in [2.05, 4.69) is 26.1 Å². The maximum atomic E-state index is 5.37. The first-order valence-electron chi connectivity index (χ1n) is 6.38. The van der Waals surface area contributed by atoms with E-state index in [1.807, 2.05) is 18.2 Å². The van der Waals surface area contributed by atoms with Crippen molar-refractivity contribution in [1.29, 1.82) is 0 Å². The summed E-state index contributed by atoms with van der Waals surface area (Å²) >= 11 is 0. The zero-order valence-electron chi connectivity index (χ0n) is 12.2. The summed E-state index contributed by atoms with van der Waals surface area (Å²) in [4.78, 5) is 0. The minimum atomic E-state index is 0.372. The smallest absolute Gasteiger partial charge is 0.127 e. The van der Waals surface area contributed by atoms with Crippen LogP contribution < -0.4 is 14.8 Å². The Morgan fingerprint density at radius 3 is 2.39 bits per heavy atom. The number of benzene rings is 1. The van der Waals surface area contributed by atoms with Crippen LogP contribution in [0.4, 0.5) is 0 Å². The highest BCUT2D eigenvalue weighted by molar-refractivity contribution is 5.40. The van der Waals surface area contributed by atoms with Crippen molar-refractivity contribution in [2.45, 2.75) is 33.7 Å². The summed E-state index contributed by atoms with van der Waals surface area (Å²) in [6.45, 7) is 8.59. The summed E-state index contributed by atoms with van der Waals surface area (Å²) in [5.41, 5.74) is 1.53. The summed E-state index contributed by atoms with van der Waals surface area (Å²) < 4.78 is 10.5. The molecule has 0 bridgehead atoms. The minimum Gasteiger partial charge on any atom is -0.497 e. The predicted octanol–water partition coefficient (Wildman–Crippen LogP) is 3.23. The molecule has 3 nitrogen and oxygen atoms in total. The first-order chi connectivity index (χ1) is 8.46. The monoisotopic (exact) mass is 251 g/mol. The van der Waals surface area contributed by atoms with Crippen LogP contribution in [-0.4, -0.2) is 20.8 Å². The van der Waals surface area contributed by atoms with E-state index in [-0.39, 0.29) is 0 Å². The number of ether oxygens (including phenoxy) is 2. The Kier molecular flexibility index (Phi) is 5.48. The van der Waals surface area contributed by atoms with Crippen molar-refractivity contribution in [1.82, 2.24) is 5.32 Å². The first kappa shape index (κ1) is 14.8. The Labute approximate surface area is 110 Å². The average Bonchev–Trinajstić information content (AvgIpc) is 2.33. The highest BCUT2D eigenvalue weighted by Crippen LogP contribution is 2.24. The van der Waals surface area contributed by atoms with Gasteiger partial charge in [0.1, 0.15) is 11.5 Å². The maximum Gasteiger partial charge on any atom is 0.127 e. The van der Waals surface area contributed by atoms with Gasteiger partial charge in [-0.2, -0.15) is 0 Å². The molecule has 0 unspecified atom stereocenters. The molecule has 0 aliphatic carbocycles. The molecule has 0 radical (unpaired) electrons. The van der Waals surface area contributed by atoms with Crippen molar-refractivity contribution in [2.24, 2.45) is 5.41 Å². The fourth-order valence-electron chi connectivity index (χ4n) is 1.68. The second-order valence-electron chi connectivity index (χ2n) is 5.67. The lowest BCUT2D eigenvalue weighted by atomic mass is 9.92. The molecule has 1 aromatic rings. The fraction of sp³-hybridized carbons (Fsp3) is 0.600. The Bertz CT molecular complexity index is 369. The van der Waals surface area contributed by atoms with Gasteiger partial charge < -0.3 is 14.8 Å². The van der Waals surface area contributed by atoms with Gasteiger partial charge in [-0.15, -0.1) is 0 Å². The molecule has 1 rings (SSSR count). The van der Waals surface area contributed by atoms with Gasteiger partial charge >= 0.3 is 0 Å². The molecule has 3 heteroatoms. The van der Waals surface area contributed by atoms with Crippen LogP contribution in [0.15, 0.2) is 18.2 Å². The van der Waals surface area contributed by atoms with Gasteiger partial charge in [-0.1, -0.05) is 26.8 Å². The molecule has 0 amide bonds. The van der Waals surface area contributed by atoms with E-state index in [0.717, 1.165) is 36.6 Å². The van der Waals surface area contributed by atoms with E-state index >= 15 is 0 Å². The van der Waals surface area contributed by atoms with Gasteiger partial charge in [-0.3, -0.25) is 0 Å².